The van der Waals surface area contributed by atoms with Crippen molar-refractivity contribution in [2.75, 3.05) is 6.61 Å². The molecule has 0 fully saturated rings. The maximum atomic E-state index is 8.90. The Hall–Kier alpha value is -0.510. The number of aliphatic hydroxyl groups excluding tert-OH is 1. The van der Waals surface area contributed by atoms with Crippen molar-refractivity contribution in [3.8, 4) is 0 Å². The van der Waals surface area contributed by atoms with Gasteiger partial charge in [0.1, 0.15) is 0 Å². The zero-order chi connectivity index (χ0) is 10.1. The van der Waals surface area contributed by atoms with E-state index in [9.17, 15) is 0 Å². The molecule has 0 saturated heterocycles. The maximum absolute atomic E-state index is 8.90. The van der Waals surface area contributed by atoms with Crippen LogP contribution in [0.25, 0.3) is 10.9 Å². The van der Waals surface area contributed by atoms with Gasteiger partial charge in [-0.3, -0.25) is 0 Å². The van der Waals surface area contributed by atoms with E-state index in [4.69, 9.17) is 16.7 Å². The first-order chi connectivity index (χ1) is 6.74. The Morgan fingerprint density at radius 2 is 2.21 bits per heavy atom. The van der Waals surface area contributed by atoms with Crippen LogP contribution in [0.1, 0.15) is 5.56 Å². The van der Waals surface area contributed by atoms with Gasteiger partial charge in [-0.1, -0.05) is 27.5 Å². The number of aromatic amines is 1. The first-order valence-corrected chi connectivity index (χ1v) is 5.46. The van der Waals surface area contributed by atoms with E-state index >= 15 is 0 Å². The van der Waals surface area contributed by atoms with Crippen LogP contribution in [0.2, 0.25) is 5.02 Å². The largest absolute Gasteiger partial charge is 0.396 e. The smallest absolute Gasteiger partial charge is 0.0657 e. The Balaban J connectivity index is 2.70. The summed E-state index contributed by atoms with van der Waals surface area (Å²) in [7, 11) is 0. The lowest BCUT2D eigenvalue weighted by molar-refractivity contribution is 0.300. The molecule has 0 saturated carbocycles. The molecule has 0 amide bonds. The van der Waals surface area contributed by atoms with E-state index in [2.05, 4.69) is 20.9 Å². The third-order valence-corrected chi connectivity index (χ3v) is 3.17. The highest BCUT2D eigenvalue weighted by Crippen LogP contribution is 2.32. The maximum Gasteiger partial charge on any atom is 0.0657 e. The van der Waals surface area contributed by atoms with Crippen LogP contribution in [-0.4, -0.2) is 16.7 Å². The number of aliphatic hydroxyl groups is 1. The number of halogens is 2. The van der Waals surface area contributed by atoms with Gasteiger partial charge in [-0.15, -0.1) is 0 Å². The molecule has 0 unspecified atom stereocenters. The van der Waals surface area contributed by atoms with Crippen molar-refractivity contribution in [3.05, 3.63) is 33.4 Å². The second kappa shape index (κ2) is 3.93. The van der Waals surface area contributed by atoms with Crippen LogP contribution in [0.4, 0.5) is 0 Å². The van der Waals surface area contributed by atoms with E-state index in [1.807, 2.05) is 18.3 Å². The van der Waals surface area contributed by atoms with Gasteiger partial charge >= 0.3 is 0 Å². The van der Waals surface area contributed by atoms with E-state index in [0.29, 0.717) is 11.4 Å². The second-order valence-electron chi connectivity index (χ2n) is 3.07. The summed E-state index contributed by atoms with van der Waals surface area (Å²) in [5.74, 6) is 0. The van der Waals surface area contributed by atoms with Gasteiger partial charge in [-0.25, -0.2) is 0 Å². The molecule has 4 heteroatoms. The van der Waals surface area contributed by atoms with Crippen LogP contribution in [0.3, 0.4) is 0 Å². The van der Waals surface area contributed by atoms with Gasteiger partial charge in [-0.2, -0.15) is 0 Å². The van der Waals surface area contributed by atoms with Gasteiger partial charge < -0.3 is 10.1 Å². The van der Waals surface area contributed by atoms with Crippen molar-refractivity contribution in [3.63, 3.8) is 0 Å². The number of rotatable bonds is 2. The molecule has 14 heavy (non-hydrogen) atoms. The molecule has 0 aliphatic rings. The fourth-order valence-corrected chi connectivity index (χ4v) is 2.35. The Morgan fingerprint density at radius 3 is 2.93 bits per heavy atom. The molecule has 1 aromatic carbocycles. The average Bonchev–Trinajstić information content (AvgIpc) is 2.58. The molecule has 74 valence electrons. The van der Waals surface area contributed by atoms with Crippen LogP contribution < -0.4 is 0 Å². The lowest BCUT2D eigenvalue weighted by Crippen LogP contribution is -1.88. The molecule has 0 radical (unpaired) electrons. The first-order valence-electron chi connectivity index (χ1n) is 4.29. The fraction of sp³-hybridized carbons (Fsp3) is 0.200. The molecule has 0 atom stereocenters. The zero-order valence-corrected chi connectivity index (χ0v) is 9.69. The lowest BCUT2D eigenvalue weighted by Gasteiger charge is -2.00. The van der Waals surface area contributed by atoms with Crippen molar-refractivity contribution < 1.29 is 5.11 Å². The summed E-state index contributed by atoms with van der Waals surface area (Å²) >= 11 is 9.50. The Morgan fingerprint density at radius 1 is 1.43 bits per heavy atom. The normalized spacial score (nSPS) is 11.1. The third-order valence-electron chi connectivity index (χ3n) is 2.20. The minimum Gasteiger partial charge on any atom is -0.396 e. The molecule has 1 heterocycles. The minimum atomic E-state index is 0.145. The Bertz CT molecular complexity index is 466. The standard InChI is InChI=1S/C10H9BrClNO/c11-7-1-2-8(12)10-9(7)6(3-4-14)5-13-10/h1-2,5,13-14H,3-4H2. The highest BCUT2D eigenvalue weighted by molar-refractivity contribution is 9.10. The first kappa shape index (κ1) is 10.0. The lowest BCUT2D eigenvalue weighted by atomic mass is 10.1. The van der Waals surface area contributed by atoms with Crippen molar-refractivity contribution in [2.24, 2.45) is 0 Å². The van der Waals surface area contributed by atoms with Crippen molar-refractivity contribution in [2.45, 2.75) is 6.42 Å². The number of nitrogens with one attached hydrogen (secondary N) is 1. The Kier molecular flexibility index (Phi) is 2.81. The van der Waals surface area contributed by atoms with Gasteiger partial charge in [0.2, 0.25) is 0 Å². The van der Waals surface area contributed by atoms with Crippen molar-refractivity contribution >= 4 is 38.4 Å². The van der Waals surface area contributed by atoms with Crippen LogP contribution in [0, 0.1) is 0 Å². The van der Waals surface area contributed by atoms with Gasteiger partial charge in [0.25, 0.3) is 0 Å². The number of H-pyrrole nitrogens is 1. The van der Waals surface area contributed by atoms with E-state index in [0.717, 1.165) is 20.9 Å². The average molecular weight is 275 g/mol. The summed E-state index contributed by atoms with van der Waals surface area (Å²) in [6.45, 7) is 0.145. The highest BCUT2D eigenvalue weighted by Gasteiger charge is 2.09. The van der Waals surface area contributed by atoms with Crippen LogP contribution >= 0.6 is 27.5 Å². The molecular formula is C10H9BrClNO. The predicted molar refractivity (Wildman–Crippen MR) is 61.8 cm³/mol. The number of aromatic nitrogens is 1. The number of benzene rings is 1. The van der Waals surface area contributed by atoms with E-state index < -0.39 is 0 Å². The SMILES string of the molecule is OCCc1c[nH]c2c(Cl)ccc(Br)c12. The molecule has 2 nitrogen and oxygen atoms in total. The summed E-state index contributed by atoms with van der Waals surface area (Å²) in [6.07, 6.45) is 2.52. The van der Waals surface area contributed by atoms with E-state index in [1.165, 1.54) is 0 Å². The van der Waals surface area contributed by atoms with Crippen LogP contribution in [-0.2, 0) is 6.42 Å². The van der Waals surface area contributed by atoms with Crippen LogP contribution in [0.5, 0.6) is 0 Å². The Labute approximate surface area is 95.0 Å². The summed E-state index contributed by atoms with van der Waals surface area (Å²) < 4.78 is 1.00. The molecule has 0 bridgehead atoms. The number of hydrogen-bond acceptors (Lipinski definition) is 1. The number of fused-ring (bicyclic) bond motifs is 1. The minimum absolute atomic E-state index is 0.145. The molecular weight excluding hydrogens is 265 g/mol. The van der Waals surface area contributed by atoms with E-state index in [1.54, 1.807) is 0 Å². The second-order valence-corrected chi connectivity index (χ2v) is 4.33. The van der Waals surface area contributed by atoms with Gasteiger partial charge in [0, 0.05) is 22.7 Å². The number of hydrogen-bond donors (Lipinski definition) is 2. The third kappa shape index (κ3) is 1.56. The quantitative estimate of drug-likeness (QED) is 0.867. The van der Waals surface area contributed by atoms with Crippen molar-refractivity contribution in [1.82, 2.24) is 4.98 Å². The van der Waals surface area contributed by atoms with Gasteiger partial charge in [0.05, 0.1) is 10.5 Å². The molecule has 0 aliphatic heterocycles. The zero-order valence-electron chi connectivity index (χ0n) is 7.35. The predicted octanol–water partition coefficient (Wildman–Crippen LogP) is 3.12. The molecule has 0 aliphatic carbocycles. The topological polar surface area (TPSA) is 36.0 Å². The molecule has 0 spiro atoms. The van der Waals surface area contributed by atoms with Gasteiger partial charge in [-0.05, 0) is 24.1 Å². The van der Waals surface area contributed by atoms with Crippen molar-refractivity contribution in [1.29, 1.82) is 0 Å². The summed E-state index contributed by atoms with van der Waals surface area (Å²) in [5.41, 5.74) is 2.00. The van der Waals surface area contributed by atoms with Crippen LogP contribution in [0.15, 0.2) is 22.8 Å². The monoisotopic (exact) mass is 273 g/mol. The van der Waals surface area contributed by atoms with Gasteiger partial charge in [0.15, 0.2) is 0 Å². The fourth-order valence-electron chi connectivity index (χ4n) is 1.56. The molecule has 2 N–H and O–H groups in total. The summed E-state index contributed by atoms with van der Waals surface area (Å²) in [4.78, 5) is 3.11. The molecule has 1 aromatic heterocycles. The summed E-state index contributed by atoms with van der Waals surface area (Å²) in [6, 6.07) is 3.76. The molecule has 2 aromatic rings. The van der Waals surface area contributed by atoms with E-state index in [-0.39, 0.29) is 6.61 Å². The summed E-state index contributed by atoms with van der Waals surface area (Å²) in [5, 5.41) is 10.7. The highest BCUT2D eigenvalue weighted by atomic mass is 79.9. The molecule has 2 rings (SSSR count).